The van der Waals surface area contributed by atoms with Crippen LogP contribution < -0.4 is 5.32 Å². The van der Waals surface area contributed by atoms with Crippen molar-refractivity contribution in [3.63, 3.8) is 0 Å². The van der Waals surface area contributed by atoms with Gasteiger partial charge in [-0.15, -0.1) is 0 Å². The molecule has 0 unspecified atom stereocenters. The molecule has 1 aromatic heterocycles. The summed E-state index contributed by atoms with van der Waals surface area (Å²) in [5.74, 6) is -0.533. The fourth-order valence-corrected chi connectivity index (χ4v) is 2.80. The fourth-order valence-electron chi connectivity index (χ4n) is 1.77. The van der Waals surface area contributed by atoms with Crippen LogP contribution in [0.4, 0.5) is 15.2 Å². The van der Waals surface area contributed by atoms with Crippen LogP contribution >= 0.6 is 22.9 Å². The summed E-state index contributed by atoms with van der Waals surface area (Å²) in [5.41, 5.74) is 1.42. The van der Waals surface area contributed by atoms with Gasteiger partial charge in [0.25, 0.3) is 0 Å². The summed E-state index contributed by atoms with van der Waals surface area (Å²) in [6.07, 6.45) is 0. The first-order valence-electron chi connectivity index (χ1n) is 5.68. The van der Waals surface area contributed by atoms with E-state index in [2.05, 4.69) is 10.3 Å². The molecule has 1 heterocycles. The van der Waals surface area contributed by atoms with Gasteiger partial charge in [0.05, 0.1) is 15.8 Å². The minimum absolute atomic E-state index is 0.000782. The van der Waals surface area contributed by atoms with Crippen LogP contribution in [-0.2, 0) is 0 Å². The van der Waals surface area contributed by atoms with Gasteiger partial charge in [0.2, 0.25) is 0 Å². The van der Waals surface area contributed by atoms with E-state index in [-0.39, 0.29) is 5.56 Å². The van der Waals surface area contributed by atoms with Gasteiger partial charge in [-0.3, -0.25) is 0 Å². The molecule has 0 aliphatic heterocycles. The molecule has 3 rings (SSSR count). The summed E-state index contributed by atoms with van der Waals surface area (Å²) in [4.78, 5) is 4.39. The number of rotatable bonds is 2. The molecule has 0 atom stereocenters. The Bertz CT molecular complexity index is 838. The Morgan fingerprint density at radius 3 is 2.90 bits per heavy atom. The molecule has 20 heavy (non-hydrogen) atoms. The molecule has 1 N–H and O–H groups in total. The van der Waals surface area contributed by atoms with Crippen molar-refractivity contribution in [3.05, 3.63) is 52.8 Å². The van der Waals surface area contributed by atoms with E-state index in [4.69, 9.17) is 16.9 Å². The van der Waals surface area contributed by atoms with Crippen molar-refractivity contribution in [1.29, 1.82) is 5.26 Å². The molecule has 0 aliphatic carbocycles. The second-order valence-electron chi connectivity index (χ2n) is 4.06. The first-order valence-corrected chi connectivity index (χ1v) is 6.88. The first kappa shape index (κ1) is 12.9. The Balaban J connectivity index is 1.95. The van der Waals surface area contributed by atoms with Gasteiger partial charge in [-0.25, -0.2) is 9.37 Å². The number of thiazole rings is 1. The van der Waals surface area contributed by atoms with Crippen molar-refractivity contribution in [2.45, 2.75) is 0 Å². The maximum Gasteiger partial charge on any atom is 0.188 e. The summed E-state index contributed by atoms with van der Waals surface area (Å²) in [7, 11) is 0. The highest BCUT2D eigenvalue weighted by Crippen LogP contribution is 2.30. The number of halogens is 2. The monoisotopic (exact) mass is 303 g/mol. The van der Waals surface area contributed by atoms with Crippen LogP contribution in [0, 0.1) is 17.1 Å². The van der Waals surface area contributed by atoms with Crippen molar-refractivity contribution in [1.82, 2.24) is 4.98 Å². The minimum Gasteiger partial charge on any atom is -0.331 e. The molecule has 0 saturated heterocycles. The standard InChI is InChI=1S/C14H7ClFN3S/c15-9-1-4-13-12(6-9)19-14(20-13)18-10-2-3-11(16)8(5-10)7-17/h1-6H,(H,18,19). The zero-order valence-electron chi connectivity index (χ0n) is 10.0. The van der Waals surface area contributed by atoms with Crippen molar-refractivity contribution < 1.29 is 4.39 Å². The van der Waals surface area contributed by atoms with Gasteiger partial charge in [0, 0.05) is 10.7 Å². The van der Waals surface area contributed by atoms with Crippen LogP contribution in [0.25, 0.3) is 10.2 Å². The third kappa shape index (κ3) is 2.44. The van der Waals surface area contributed by atoms with Gasteiger partial charge in [-0.1, -0.05) is 22.9 Å². The summed E-state index contributed by atoms with van der Waals surface area (Å²) in [6.45, 7) is 0. The lowest BCUT2D eigenvalue weighted by atomic mass is 10.2. The van der Waals surface area contributed by atoms with Gasteiger partial charge >= 0.3 is 0 Å². The lowest BCUT2D eigenvalue weighted by molar-refractivity contribution is 0.624. The third-order valence-electron chi connectivity index (χ3n) is 2.69. The predicted octanol–water partition coefficient (Wildman–Crippen LogP) is 4.70. The zero-order valence-corrected chi connectivity index (χ0v) is 11.6. The van der Waals surface area contributed by atoms with Crippen LogP contribution in [0.1, 0.15) is 5.56 Å². The van der Waals surface area contributed by atoms with Gasteiger partial charge < -0.3 is 5.32 Å². The molecule has 0 bridgehead atoms. The molecule has 2 aromatic carbocycles. The molecule has 98 valence electrons. The van der Waals surface area contributed by atoms with Gasteiger partial charge in [-0.2, -0.15) is 5.26 Å². The van der Waals surface area contributed by atoms with Crippen molar-refractivity contribution in [3.8, 4) is 6.07 Å². The zero-order chi connectivity index (χ0) is 14.1. The van der Waals surface area contributed by atoms with E-state index in [0.717, 1.165) is 10.2 Å². The maximum atomic E-state index is 13.2. The average Bonchev–Trinajstić information content (AvgIpc) is 2.82. The second kappa shape index (κ2) is 5.08. The molecule has 0 spiro atoms. The van der Waals surface area contributed by atoms with E-state index < -0.39 is 5.82 Å². The topological polar surface area (TPSA) is 48.7 Å². The van der Waals surface area contributed by atoms with Crippen LogP contribution in [-0.4, -0.2) is 4.98 Å². The van der Waals surface area contributed by atoms with Gasteiger partial charge in [0.15, 0.2) is 5.13 Å². The molecule has 0 fully saturated rings. The summed E-state index contributed by atoms with van der Waals surface area (Å²) >= 11 is 7.37. The number of nitriles is 1. The highest BCUT2D eigenvalue weighted by molar-refractivity contribution is 7.22. The SMILES string of the molecule is N#Cc1cc(Nc2nc3cc(Cl)ccc3s2)ccc1F. The largest absolute Gasteiger partial charge is 0.331 e. The Morgan fingerprint density at radius 2 is 2.10 bits per heavy atom. The summed E-state index contributed by atoms with van der Waals surface area (Å²) in [5, 5.41) is 13.2. The highest BCUT2D eigenvalue weighted by Gasteiger charge is 2.07. The molecular formula is C14H7ClFN3S. The van der Waals surface area contributed by atoms with Crippen LogP contribution in [0.2, 0.25) is 5.02 Å². The summed E-state index contributed by atoms with van der Waals surface area (Å²) in [6, 6.07) is 11.6. The van der Waals surface area contributed by atoms with Crippen molar-refractivity contribution in [2.75, 3.05) is 5.32 Å². The normalized spacial score (nSPS) is 10.4. The minimum atomic E-state index is -0.533. The lowest BCUT2D eigenvalue weighted by Crippen LogP contribution is -1.91. The van der Waals surface area contributed by atoms with Crippen molar-refractivity contribution in [2.24, 2.45) is 0 Å². The molecule has 0 radical (unpaired) electrons. The van der Waals surface area contributed by atoms with E-state index in [1.54, 1.807) is 24.3 Å². The fraction of sp³-hybridized carbons (Fsp3) is 0. The number of nitrogens with zero attached hydrogens (tertiary/aromatic N) is 2. The second-order valence-corrected chi connectivity index (χ2v) is 5.53. The smallest absolute Gasteiger partial charge is 0.188 e. The van der Waals surface area contributed by atoms with Crippen LogP contribution in [0.3, 0.4) is 0 Å². The third-order valence-corrected chi connectivity index (χ3v) is 3.87. The number of hydrogen-bond acceptors (Lipinski definition) is 4. The van der Waals surface area contributed by atoms with Crippen LogP contribution in [0.15, 0.2) is 36.4 Å². The number of nitrogens with one attached hydrogen (secondary N) is 1. The number of fused-ring (bicyclic) bond motifs is 1. The van der Waals surface area contributed by atoms with E-state index in [1.807, 2.05) is 6.07 Å². The quantitative estimate of drug-likeness (QED) is 0.746. The number of aromatic nitrogens is 1. The number of benzene rings is 2. The van der Waals surface area contributed by atoms with E-state index >= 15 is 0 Å². The lowest BCUT2D eigenvalue weighted by Gasteiger charge is -2.02. The van der Waals surface area contributed by atoms with E-state index in [1.165, 1.54) is 23.5 Å². The number of anilines is 2. The predicted molar refractivity (Wildman–Crippen MR) is 79.0 cm³/mol. The van der Waals surface area contributed by atoms with Crippen molar-refractivity contribution >= 4 is 44.0 Å². The Kier molecular flexibility index (Phi) is 3.26. The Hall–Kier alpha value is -2.16. The molecule has 0 saturated carbocycles. The van der Waals surface area contributed by atoms with E-state index in [0.29, 0.717) is 15.8 Å². The summed E-state index contributed by atoms with van der Waals surface area (Å²) < 4.78 is 14.2. The molecule has 3 aromatic rings. The molecule has 0 aliphatic rings. The Morgan fingerprint density at radius 1 is 1.25 bits per heavy atom. The van der Waals surface area contributed by atoms with Gasteiger partial charge in [0.1, 0.15) is 11.9 Å². The number of hydrogen-bond donors (Lipinski definition) is 1. The molecule has 6 heteroatoms. The first-order chi connectivity index (χ1) is 9.65. The van der Waals surface area contributed by atoms with Crippen LogP contribution in [0.5, 0.6) is 0 Å². The average molecular weight is 304 g/mol. The maximum absolute atomic E-state index is 13.2. The van der Waals surface area contributed by atoms with Gasteiger partial charge in [-0.05, 0) is 36.4 Å². The molecule has 0 amide bonds. The molecule has 3 nitrogen and oxygen atoms in total. The molecular weight excluding hydrogens is 297 g/mol. The van der Waals surface area contributed by atoms with E-state index in [9.17, 15) is 4.39 Å². The Labute approximate surface area is 123 Å². The highest BCUT2D eigenvalue weighted by atomic mass is 35.5.